The highest BCUT2D eigenvalue weighted by Gasteiger charge is 2.15. The smallest absolute Gasteiger partial charge is 0.242 e. The van der Waals surface area contributed by atoms with Gasteiger partial charge in [0.15, 0.2) is 0 Å². The van der Waals surface area contributed by atoms with Crippen molar-refractivity contribution in [1.82, 2.24) is 0 Å². The Labute approximate surface area is 99.3 Å². The molecule has 4 heteroatoms. The largest absolute Gasteiger partial charge is 0.325 e. The molecule has 1 N–H and O–H groups in total. The molecule has 1 unspecified atom stereocenters. The minimum Gasteiger partial charge on any atom is -0.325 e. The van der Waals surface area contributed by atoms with Gasteiger partial charge in [-0.05, 0) is 30.7 Å². The van der Waals surface area contributed by atoms with Crippen LogP contribution >= 0.6 is 11.6 Å². The van der Waals surface area contributed by atoms with E-state index in [1.807, 2.05) is 6.07 Å². The summed E-state index contributed by atoms with van der Waals surface area (Å²) in [6, 6.07) is 8.64. The molecule has 0 bridgehead atoms. The zero-order chi connectivity index (χ0) is 12.0. The SMILES string of the molecule is C=CCC(C#N)C(=O)Nc1ccc(Cl)cc1. The van der Waals surface area contributed by atoms with E-state index in [1.165, 1.54) is 0 Å². The average Bonchev–Trinajstić information content (AvgIpc) is 2.29. The van der Waals surface area contributed by atoms with Gasteiger partial charge in [-0.1, -0.05) is 17.7 Å². The van der Waals surface area contributed by atoms with Gasteiger partial charge in [-0.2, -0.15) is 5.26 Å². The van der Waals surface area contributed by atoms with E-state index in [1.54, 1.807) is 30.3 Å². The molecule has 0 radical (unpaired) electrons. The van der Waals surface area contributed by atoms with Gasteiger partial charge in [-0.3, -0.25) is 4.79 Å². The monoisotopic (exact) mass is 234 g/mol. The third-order valence-electron chi connectivity index (χ3n) is 1.99. The maximum absolute atomic E-state index is 11.6. The van der Waals surface area contributed by atoms with Crippen molar-refractivity contribution < 1.29 is 4.79 Å². The van der Waals surface area contributed by atoms with E-state index in [4.69, 9.17) is 16.9 Å². The summed E-state index contributed by atoms with van der Waals surface area (Å²) in [5.41, 5.74) is 0.624. The molecule has 0 fully saturated rings. The molecular weight excluding hydrogens is 224 g/mol. The third kappa shape index (κ3) is 3.41. The number of nitrogens with zero attached hydrogens (tertiary/aromatic N) is 1. The highest BCUT2D eigenvalue weighted by Crippen LogP contribution is 2.15. The second-order valence-electron chi connectivity index (χ2n) is 3.20. The Hall–Kier alpha value is -1.79. The number of carbonyl (C=O) groups excluding carboxylic acids is 1. The predicted octanol–water partition coefficient (Wildman–Crippen LogP) is 2.99. The van der Waals surface area contributed by atoms with Gasteiger partial charge in [0.1, 0.15) is 5.92 Å². The molecular formula is C12H11ClN2O. The van der Waals surface area contributed by atoms with Crippen LogP contribution < -0.4 is 5.32 Å². The minimum atomic E-state index is -0.701. The van der Waals surface area contributed by atoms with E-state index in [9.17, 15) is 4.79 Å². The maximum Gasteiger partial charge on any atom is 0.242 e. The van der Waals surface area contributed by atoms with E-state index in [0.717, 1.165) is 0 Å². The van der Waals surface area contributed by atoms with Gasteiger partial charge in [0.05, 0.1) is 6.07 Å². The van der Waals surface area contributed by atoms with Crippen molar-refractivity contribution in [3.05, 3.63) is 41.9 Å². The van der Waals surface area contributed by atoms with Crippen LogP contribution in [0.25, 0.3) is 0 Å². The summed E-state index contributed by atoms with van der Waals surface area (Å²) in [7, 11) is 0. The summed E-state index contributed by atoms with van der Waals surface area (Å²) in [6.45, 7) is 3.50. The molecule has 1 amide bonds. The number of rotatable bonds is 4. The van der Waals surface area contributed by atoms with Crippen molar-refractivity contribution >= 4 is 23.2 Å². The lowest BCUT2D eigenvalue weighted by molar-refractivity contribution is -0.118. The number of hydrogen-bond donors (Lipinski definition) is 1. The number of benzene rings is 1. The molecule has 1 rings (SSSR count). The maximum atomic E-state index is 11.6. The number of nitrogens with one attached hydrogen (secondary N) is 1. The number of halogens is 1. The zero-order valence-electron chi connectivity index (χ0n) is 8.61. The standard InChI is InChI=1S/C12H11ClN2O/c1-2-3-9(8-14)12(16)15-11-6-4-10(13)5-7-11/h2,4-7,9H,1,3H2,(H,15,16). The number of hydrogen-bond acceptors (Lipinski definition) is 2. The Balaban J connectivity index is 2.67. The highest BCUT2D eigenvalue weighted by molar-refractivity contribution is 6.30. The van der Waals surface area contributed by atoms with Gasteiger partial charge >= 0.3 is 0 Å². The quantitative estimate of drug-likeness (QED) is 0.815. The lowest BCUT2D eigenvalue weighted by Gasteiger charge is -2.08. The third-order valence-corrected chi connectivity index (χ3v) is 2.24. The summed E-state index contributed by atoms with van der Waals surface area (Å²) in [4.78, 5) is 11.6. The molecule has 0 aliphatic carbocycles. The van der Waals surface area contributed by atoms with Crippen LogP contribution in [0.3, 0.4) is 0 Å². The van der Waals surface area contributed by atoms with E-state index in [-0.39, 0.29) is 5.91 Å². The molecule has 0 saturated heterocycles. The topological polar surface area (TPSA) is 52.9 Å². The Kier molecular flexibility index (Phi) is 4.56. The minimum absolute atomic E-state index is 0.329. The first kappa shape index (κ1) is 12.3. The van der Waals surface area contributed by atoms with Crippen molar-refractivity contribution in [3.8, 4) is 6.07 Å². The Morgan fingerprint density at radius 3 is 2.69 bits per heavy atom. The fourth-order valence-corrected chi connectivity index (χ4v) is 1.27. The van der Waals surface area contributed by atoms with Gasteiger partial charge in [-0.15, -0.1) is 6.58 Å². The van der Waals surface area contributed by atoms with Crippen LogP contribution in [0.5, 0.6) is 0 Å². The van der Waals surface area contributed by atoms with Crippen molar-refractivity contribution in [2.45, 2.75) is 6.42 Å². The average molecular weight is 235 g/mol. The molecule has 0 spiro atoms. The highest BCUT2D eigenvalue weighted by atomic mass is 35.5. The van der Waals surface area contributed by atoms with E-state index >= 15 is 0 Å². The normalized spacial score (nSPS) is 11.2. The molecule has 82 valence electrons. The number of nitriles is 1. The lowest BCUT2D eigenvalue weighted by atomic mass is 10.1. The molecule has 1 atom stereocenters. The van der Waals surface area contributed by atoms with E-state index in [0.29, 0.717) is 17.1 Å². The van der Waals surface area contributed by atoms with Crippen molar-refractivity contribution in [2.24, 2.45) is 5.92 Å². The van der Waals surface area contributed by atoms with Crippen molar-refractivity contribution in [1.29, 1.82) is 5.26 Å². The molecule has 0 aromatic heterocycles. The van der Waals surface area contributed by atoms with Gasteiger partial charge in [0.25, 0.3) is 0 Å². The first-order valence-electron chi connectivity index (χ1n) is 4.74. The van der Waals surface area contributed by atoms with Crippen molar-refractivity contribution in [2.75, 3.05) is 5.32 Å². The van der Waals surface area contributed by atoms with Crippen molar-refractivity contribution in [3.63, 3.8) is 0 Å². The number of allylic oxidation sites excluding steroid dienone is 1. The summed E-state index contributed by atoms with van der Waals surface area (Å²) in [5, 5.41) is 12.0. The predicted molar refractivity (Wildman–Crippen MR) is 64.0 cm³/mol. The molecule has 0 heterocycles. The zero-order valence-corrected chi connectivity index (χ0v) is 9.37. The lowest BCUT2D eigenvalue weighted by Crippen LogP contribution is -2.20. The number of carbonyl (C=O) groups is 1. The van der Waals surface area contributed by atoms with E-state index < -0.39 is 5.92 Å². The molecule has 16 heavy (non-hydrogen) atoms. The van der Waals surface area contributed by atoms with Crippen LogP contribution in [0.15, 0.2) is 36.9 Å². The van der Waals surface area contributed by atoms with E-state index in [2.05, 4.69) is 11.9 Å². The number of anilines is 1. The van der Waals surface area contributed by atoms with Gasteiger partial charge in [0, 0.05) is 10.7 Å². The van der Waals surface area contributed by atoms with Crippen LogP contribution in [0, 0.1) is 17.2 Å². The molecule has 0 aliphatic rings. The van der Waals surface area contributed by atoms with Crippen LogP contribution in [0.4, 0.5) is 5.69 Å². The van der Waals surface area contributed by atoms with Gasteiger partial charge in [0.2, 0.25) is 5.91 Å². The molecule has 1 aromatic rings. The first-order valence-corrected chi connectivity index (χ1v) is 5.12. The Bertz CT molecular complexity index is 420. The second kappa shape index (κ2) is 5.94. The molecule has 1 aromatic carbocycles. The van der Waals surface area contributed by atoms with Crippen LogP contribution in [0.1, 0.15) is 6.42 Å². The summed E-state index contributed by atoms with van der Waals surface area (Å²) in [5.74, 6) is -1.03. The van der Waals surface area contributed by atoms with Gasteiger partial charge in [-0.25, -0.2) is 0 Å². The van der Waals surface area contributed by atoms with Crippen LogP contribution in [-0.2, 0) is 4.79 Å². The first-order chi connectivity index (χ1) is 7.67. The van der Waals surface area contributed by atoms with Crippen LogP contribution in [0.2, 0.25) is 5.02 Å². The molecule has 0 aliphatic heterocycles. The summed E-state index contributed by atoms with van der Waals surface area (Å²) >= 11 is 5.71. The number of amides is 1. The fraction of sp³-hybridized carbons (Fsp3) is 0.167. The van der Waals surface area contributed by atoms with Gasteiger partial charge < -0.3 is 5.32 Å². The second-order valence-corrected chi connectivity index (χ2v) is 3.64. The Morgan fingerprint density at radius 2 is 2.19 bits per heavy atom. The Morgan fingerprint density at radius 1 is 1.56 bits per heavy atom. The summed E-state index contributed by atoms with van der Waals surface area (Å²) in [6.07, 6.45) is 1.89. The molecule has 0 saturated carbocycles. The van der Waals surface area contributed by atoms with Crippen LogP contribution in [-0.4, -0.2) is 5.91 Å². The summed E-state index contributed by atoms with van der Waals surface area (Å²) < 4.78 is 0. The fourth-order valence-electron chi connectivity index (χ4n) is 1.15. The molecule has 3 nitrogen and oxygen atoms in total.